The molecule has 2 aromatic rings. The van der Waals surface area contributed by atoms with Crippen LogP contribution in [0.2, 0.25) is 0 Å². The average Bonchev–Trinajstić information content (AvgIpc) is 2.48. The number of nitrogens with zero attached hydrogens (tertiary/aromatic N) is 1. The van der Waals surface area contributed by atoms with Gasteiger partial charge in [-0.25, -0.2) is 0 Å². The van der Waals surface area contributed by atoms with E-state index < -0.39 is 0 Å². The molecule has 0 aliphatic rings. The lowest BCUT2D eigenvalue weighted by atomic mass is 9.91. The standard InChI is InChI=1S/C20H23NO/c1-14(2)10-17-8-9-19(12-20(17)15(3)4)22-18-7-5-6-16(11-18)13-21/h5-9,11-12,14-15H,10H2,1-4H3. The summed E-state index contributed by atoms with van der Waals surface area (Å²) >= 11 is 0. The molecule has 0 aliphatic heterocycles. The van der Waals surface area contributed by atoms with Gasteiger partial charge in [-0.15, -0.1) is 0 Å². The molecule has 0 fully saturated rings. The minimum absolute atomic E-state index is 0.461. The van der Waals surface area contributed by atoms with Crippen molar-refractivity contribution in [2.75, 3.05) is 0 Å². The second-order valence-corrected chi connectivity index (χ2v) is 6.35. The van der Waals surface area contributed by atoms with E-state index in [1.807, 2.05) is 18.2 Å². The Kier molecular flexibility index (Phi) is 5.22. The molecular formula is C20H23NO. The molecule has 114 valence electrons. The minimum atomic E-state index is 0.461. The molecule has 0 spiro atoms. The van der Waals surface area contributed by atoms with Crippen LogP contribution in [0.3, 0.4) is 0 Å². The molecule has 2 rings (SSSR count). The van der Waals surface area contributed by atoms with Crippen LogP contribution in [0, 0.1) is 17.2 Å². The van der Waals surface area contributed by atoms with E-state index in [-0.39, 0.29) is 0 Å². The maximum Gasteiger partial charge on any atom is 0.128 e. The van der Waals surface area contributed by atoms with E-state index >= 15 is 0 Å². The smallest absolute Gasteiger partial charge is 0.128 e. The summed E-state index contributed by atoms with van der Waals surface area (Å²) in [6.07, 6.45) is 1.08. The van der Waals surface area contributed by atoms with Crippen molar-refractivity contribution in [3.05, 3.63) is 59.2 Å². The Morgan fingerprint density at radius 2 is 1.73 bits per heavy atom. The maximum absolute atomic E-state index is 8.96. The largest absolute Gasteiger partial charge is 0.457 e. The molecule has 0 bridgehead atoms. The highest BCUT2D eigenvalue weighted by molar-refractivity contribution is 5.42. The van der Waals surface area contributed by atoms with Crippen LogP contribution in [-0.2, 0) is 6.42 Å². The summed E-state index contributed by atoms with van der Waals surface area (Å²) in [5.41, 5.74) is 3.34. The van der Waals surface area contributed by atoms with Gasteiger partial charge in [-0.3, -0.25) is 0 Å². The van der Waals surface area contributed by atoms with E-state index in [1.54, 1.807) is 12.1 Å². The van der Waals surface area contributed by atoms with Crippen LogP contribution < -0.4 is 4.74 Å². The minimum Gasteiger partial charge on any atom is -0.457 e. The molecule has 0 amide bonds. The summed E-state index contributed by atoms with van der Waals surface area (Å²) in [6, 6.07) is 15.7. The summed E-state index contributed by atoms with van der Waals surface area (Å²) in [5.74, 6) is 2.62. The zero-order valence-corrected chi connectivity index (χ0v) is 13.8. The van der Waals surface area contributed by atoms with Crippen LogP contribution in [0.4, 0.5) is 0 Å². The molecule has 0 atom stereocenters. The molecule has 0 saturated heterocycles. The van der Waals surface area contributed by atoms with Gasteiger partial charge < -0.3 is 4.74 Å². The summed E-state index contributed by atoms with van der Waals surface area (Å²) < 4.78 is 5.92. The lowest BCUT2D eigenvalue weighted by Crippen LogP contribution is -2.01. The van der Waals surface area contributed by atoms with Gasteiger partial charge in [0.2, 0.25) is 0 Å². The highest BCUT2D eigenvalue weighted by atomic mass is 16.5. The van der Waals surface area contributed by atoms with Gasteiger partial charge in [-0.05, 0) is 59.7 Å². The summed E-state index contributed by atoms with van der Waals surface area (Å²) in [5, 5.41) is 8.96. The van der Waals surface area contributed by atoms with Crippen molar-refractivity contribution in [2.24, 2.45) is 5.92 Å². The molecule has 0 saturated carbocycles. The van der Waals surface area contributed by atoms with Crippen LogP contribution in [0.15, 0.2) is 42.5 Å². The number of benzene rings is 2. The maximum atomic E-state index is 8.96. The van der Waals surface area contributed by atoms with Gasteiger partial charge in [0.1, 0.15) is 11.5 Å². The molecule has 22 heavy (non-hydrogen) atoms. The molecule has 0 unspecified atom stereocenters. The third-order valence-electron chi connectivity index (χ3n) is 3.57. The molecule has 0 aromatic heterocycles. The van der Waals surface area contributed by atoms with Crippen molar-refractivity contribution < 1.29 is 4.74 Å². The Morgan fingerprint density at radius 1 is 1.00 bits per heavy atom. The van der Waals surface area contributed by atoms with Gasteiger partial charge in [-0.2, -0.15) is 5.26 Å². The van der Waals surface area contributed by atoms with Crippen LogP contribution in [-0.4, -0.2) is 0 Å². The third kappa shape index (κ3) is 4.11. The molecular weight excluding hydrogens is 270 g/mol. The first-order valence-electron chi connectivity index (χ1n) is 7.80. The molecule has 2 aromatic carbocycles. The van der Waals surface area contributed by atoms with E-state index in [0.717, 1.165) is 12.2 Å². The van der Waals surface area contributed by atoms with Crippen LogP contribution in [0.5, 0.6) is 11.5 Å². The number of hydrogen-bond donors (Lipinski definition) is 0. The van der Waals surface area contributed by atoms with Crippen molar-refractivity contribution in [1.82, 2.24) is 0 Å². The summed E-state index contributed by atoms with van der Waals surface area (Å²) in [7, 11) is 0. The number of ether oxygens (including phenoxy) is 1. The van der Waals surface area contributed by atoms with Gasteiger partial charge >= 0.3 is 0 Å². The molecule has 2 nitrogen and oxygen atoms in total. The van der Waals surface area contributed by atoms with Crippen molar-refractivity contribution in [2.45, 2.75) is 40.0 Å². The van der Waals surface area contributed by atoms with Gasteiger partial charge in [0, 0.05) is 0 Å². The molecule has 2 heteroatoms. The van der Waals surface area contributed by atoms with E-state index in [9.17, 15) is 0 Å². The highest BCUT2D eigenvalue weighted by Gasteiger charge is 2.10. The van der Waals surface area contributed by atoms with Crippen molar-refractivity contribution in [1.29, 1.82) is 5.26 Å². The number of hydrogen-bond acceptors (Lipinski definition) is 2. The predicted octanol–water partition coefficient (Wildman–Crippen LogP) is 5.67. The van der Waals surface area contributed by atoms with Crippen molar-refractivity contribution in [3.63, 3.8) is 0 Å². The van der Waals surface area contributed by atoms with Crippen molar-refractivity contribution >= 4 is 0 Å². The second kappa shape index (κ2) is 7.13. The van der Waals surface area contributed by atoms with Gasteiger partial charge in [0.15, 0.2) is 0 Å². The fourth-order valence-corrected chi connectivity index (χ4v) is 2.56. The fourth-order valence-electron chi connectivity index (χ4n) is 2.56. The lowest BCUT2D eigenvalue weighted by Gasteiger charge is -2.16. The zero-order chi connectivity index (χ0) is 16.1. The SMILES string of the molecule is CC(C)Cc1ccc(Oc2cccc(C#N)c2)cc1C(C)C. The quantitative estimate of drug-likeness (QED) is 0.711. The third-order valence-corrected chi connectivity index (χ3v) is 3.57. The first kappa shape index (κ1) is 16.1. The van der Waals surface area contributed by atoms with Crippen LogP contribution in [0.25, 0.3) is 0 Å². The van der Waals surface area contributed by atoms with Gasteiger partial charge in [0.05, 0.1) is 11.6 Å². The van der Waals surface area contributed by atoms with E-state index in [1.165, 1.54) is 11.1 Å². The monoisotopic (exact) mass is 293 g/mol. The predicted molar refractivity (Wildman–Crippen MR) is 90.3 cm³/mol. The summed E-state index contributed by atoms with van der Waals surface area (Å²) in [6.45, 7) is 8.89. The van der Waals surface area contributed by atoms with E-state index in [2.05, 4.69) is 45.9 Å². The molecule has 0 heterocycles. The number of rotatable bonds is 5. The first-order chi connectivity index (χ1) is 10.5. The Balaban J connectivity index is 2.28. The molecule has 0 N–H and O–H groups in total. The lowest BCUT2D eigenvalue weighted by molar-refractivity contribution is 0.480. The zero-order valence-electron chi connectivity index (χ0n) is 13.8. The number of nitriles is 1. The molecule has 0 radical (unpaired) electrons. The fraction of sp³-hybridized carbons (Fsp3) is 0.350. The van der Waals surface area contributed by atoms with Gasteiger partial charge in [-0.1, -0.05) is 39.8 Å². The first-order valence-corrected chi connectivity index (χ1v) is 7.80. The Bertz CT molecular complexity index is 680. The van der Waals surface area contributed by atoms with E-state index in [4.69, 9.17) is 10.00 Å². The van der Waals surface area contributed by atoms with E-state index in [0.29, 0.717) is 23.1 Å². The van der Waals surface area contributed by atoms with Crippen molar-refractivity contribution in [3.8, 4) is 17.6 Å². The van der Waals surface area contributed by atoms with Gasteiger partial charge in [0.25, 0.3) is 0 Å². The highest BCUT2D eigenvalue weighted by Crippen LogP contribution is 2.29. The Morgan fingerprint density at radius 3 is 2.36 bits per heavy atom. The molecule has 0 aliphatic carbocycles. The average molecular weight is 293 g/mol. The second-order valence-electron chi connectivity index (χ2n) is 6.35. The summed E-state index contributed by atoms with van der Waals surface area (Å²) in [4.78, 5) is 0. The Hall–Kier alpha value is -2.27. The van der Waals surface area contributed by atoms with Crippen LogP contribution in [0.1, 0.15) is 50.3 Å². The Labute approximate surface area is 133 Å². The topological polar surface area (TPSA) is 33.0 Å². The van der Waals surface area contributed by atoms with Crippen LogP contribution >= 0.6 is 0 Å². The normalized spacial score (nSPS) is 10.8.